The van der Waals surface area contributed by atoms with Gasteiger partial charge in [0.15, 0.2) is 0 Å². The van der Waals surface area contributed by atoms with E-state index in [0.29, 0.717) is 0 Å². The van der Waals surface area contributed by atoms with Crippen LogP contribution in [0.25, 0.3) is 0 Å². The highest BCUT2D eigenvalue weighted by atomic mass is 16.3. The second-order valence-electron chi connectivity index (χ2n) is 5.67. The molecule has 0 amide bonds. The van der Waals surface area contributed by atoms with Crippen molar-refractivity contribution in [2.75, 3.05) is 26.2 Å². The molecule has 0 radical (unpaired) electrons. The molecule has 19 heavy (non-hydrogen) atoms. The zero-order valence-corrected chi connectivity index (χ0v) is 12.5. The van der Waals surface area contributed by atoms with Crippen LogP contribution < -0.4 is 5.32 Å². The number of furan rings is 1. The van der Waals surface area contributed by atoms with E-state index in [4.69, 9.17) is 4.42 Å². The molecule has 2 heterocycles. The van der Waals surface area contributed by atoms with Gasteiger partial charge >= 0.3 is 0 Å². The van der Waals surface area contributed by atoms with E-state index in [9.17, 15) is 0 Å². The van der Waals surface area contributed by atoms with Gasteiger partial charge in [-0.05, 0) is 56.9 Å². The Bertz CT molecular complexity index is 355. The van der Waals surface area contributed by atoms with Gasteiger partial charge in [-0.1, -0.05) is 13.8 Å². The maximum absolute atomic E-state index is 5.84. The Balaban J connectivity index is 1.87. The standard InChI is InChI=1S/C16H28N2O/c1-3-10-18(12-14-6-5-9-17-11-14)13-16-8-7-15(4-2)19-16/h7-8,14,17H,3-6,9-13H2,1-2H3. The Morgan fingerprint density at radius 2 is 2.16 bits per heavy atom. The van der Waals surface area contributed by atoms with Gasteiger partial charge in [-0.15, -0.1) is 0 Å². The Morgan fingerprint density at radius 1 is 1.32 bits per heavy atom. The van der Waals surface area contributed by atoms with Crippen LogP contribution in [0.1, 0.15) is 44.6 Å². The van der Waals surface area contributed by atoms with Crippen LogP contribution >= 0.6 is 0 Å². The molecule has 1 aliphatic rings. The SMILES string of the molecule is CCCN(Cc1ccc(CC)o1)CC1CCCNC1. The van der Waals surface area contributed by atoms with Gasteiger partial charge in [0.05, 0.1) is 6.54 Å². The summed E-state index contributed by atoms with van der Waals surface area (Å²) in [5, 5.41) is 3.51. The van der Waals surface area contributed by atoms with Crippen LogP contribution in [0.3, 0.4) is 0 Å². The monoisotopic (exact) mass is 264 g/mol. The first kappa shape index (κ1) is 14.6. The molecule has 0 aliphatic carbocycles. The summed E-state index contributed by atoms with van der Waals surface area (Å²) in [7, 11) is 0. The summed E-state index contributed by atoms with van der Waals surface area (Å²) in [5.41, 5.74) is 0. The van der Waals surface area contributed by atoms with Crippen LogP contribution in [0, 0.1) is 5.92 Å². The van der Waals surface area contributed by atoms with Crippen LogP contribution in [-0.2, 0) is 13.0 Å². The maximum atomic E-state index is 5.84. The van der Waals surface area contributed by atoms with Crippen molar-refractivity contribution in [1.82, 2.24) is 10.2 Å². The third-order valence-electron chi connectivity index (χ3n) is 3.90. The van der Waals surface area contributed by atoms with E-state index in [1.54, 1.807) is 0 Å². The van der Waals surface area contributed by atoms with Crippen molar-refractivity contribution in [3.8, 4) is 0 Å². The molecule has 1 aliphatic heterocycles. The highest BCUT2D eigenvalue weighted by Crippen LogP contribution is 2.16. The number of piperidine rings is 1. The van der Waals surface area contributed by atoms with Gasteiger partial charge in [0, 0.05) is 13.0 Å². The van der Waals surface area contributed by atoms with E-state index < -0.39 is 0 Å². The van der Waals surface area contributed by atoms with Crippen LogP contribution in [0.15, 0.2) is 16.5 Å². The zero-order chi connectivity index (χ0) is 13.5. The minimum atomic E-state index is 0.806. The van der Waals surface area contributed by atoms with Crippen LogP contribution in [-0.4, -0.2) is 31.1 Å². The first-order valence-corrected chi connectivity index (χ1v) is 7.82. The van der Waals surface area contributed by atoms with Gasteiger partial charge < -0.3 is 9.73 Å². The summed E-state index contributed by atoms with van der Waals surface area (Å²) >= 11 is 0. The lowest BCUT2D eigenvalue weighted by molar-refractivity contribution is 0.188. The van der Waals surface area contributed by atoms with Gasteiger partial charge in [-0.2, -0.15) is 0 Å². The molecule has 1 N–H and O–H groups in total. The normalized spacial score (nSPS) is 20.1. The van der Waals surface area contributed by atoms with E-state index in [1.165, 1.54) is 45.4 Å². The molecule has 3 nitrogen and oxygen atoms in total. The van der Waals surface area contributed by atoms with Crippen molar-refractivity contribution in [1.29, 1.82) is 0 Å². The molecule has 1 fully saturated rings. The number of rotatable bonds is 7. The third-order valence-corrected chi connectivity index (χ3v) is 3.90. The highest BCUT2D eigenvalue weighted by molar-refractivity contribution is 5.07. The quantitative estimate of drug-likeness (QED) is 0.820. The van der Waals surface area contributed by atoms with Gasteiger partial charge in [-0.25, -0.2) is 0 Å². The second kappa shape index (κ2) is 7.71. The predicted molar refractivity (Wildman–Crippen MR) is 79.2 cm³/mol. The number of hydrogen-bond donors (Lipinski definition) is 1. The molecule has 1 saturated heterocycles. The smallest absolute Gasteiger partial charge is 0.118 e. The third kappa shape index (κ3) is 4.66. The van der Waals surface area contributed by atoms with Crippen LogP contribution in [0.2, 0.25) is 0 Å². The molecule has 2 rings (SSSR count). The molecule has 0 saturated carbocycles. The van der Waals surface area contributed by atoms with Gasteiger partial charge in [0.2, 0.25) is 0 Å². The van der Waals surface area contributed by atoms with Gasteiger partial charge in [-0.3, -0.25) is 4.90 Å². The number of nitrogens with zero attached hydrogens (tertiary/aromatic N) is 1. The molecular weight excluding hydrogens is 236 g/mol. The molecule has 108 valence electrons. The Kier molecular flexibility index (Phi) is 5.93. The Hall–Kier alpha value is -0.800. The van der Waals surface area contributed by atoms with Crippen molar-refractivity contribution in [3.05, 3.63) is 23.7 Å². The first-order chi connectivity index (χ1) is 9.31. The summed E-state index contributed by atoms with van der Waals surface area (Å²) < 4.78 is 5.84. The fourth-order valence-electron chi connectivity index (χ4n) is 2.91. The minimum Gasteiger partial charge on any atom is -0.465 e. The van der Waals surface area contributed by atoms with Gasteiger partial charge in [0.1, 0.15) is 11.5 Å². The van der Waals surface area contributed by atoms with Crippen LogP contribution in [0.5, 0.6) is 0 Å². The minimum absolute atomic E-state index is 0.806. The summed E-state index contributed by atoms with van der Waals surface area (Å²) in [6, 6.07) is 4.25. The molecule has 3 heteroatoms. The summed E-state index contributed by atoms with van der Waals surface area (Å²) in [6.07, 6.45) is 4.89. The Labute approximate surface area is 117 Å². The average Bonchev–Trinajstić information content (AvgIpc) is 2.88. The fourth-order valence-corrected chi connectivity index (χ4v) is 2.91. The number of nitrogens with one attached hydrogen (secondary N) is 1. The zero-order valence-electron chi connectivity index (χ0n) is 12.5. The van der Waals surface area contributed by atoms with E-state index in [0.717, 1.165) is 30.4 Å². The first-order valence-electron chi connectivity index (χ1n) is 7.82. The van der Waals surface area contributed by atoms with Gasteiger partial charge in [0.25, 0.3) is 0 Å². The van der Waals surface area contributed by atoms with E-state index in [2.05, 4.69) is 36.2 Å². The van der Waals surface area contributed by atoms with Crippen molar-refractivity contribution < 1.29 is 4.42 Å². The van der Waals surface area contributed by atoms with Crippen molar-refractivity contribution in [3.63, 3.8) is 0 Å². The topological polar surface area (TPSA) is 28.4 Å². The summed E-state index contributed by atoms with van der Waals surface area (Å²) in [5.74, 6) is 3.03. The highest BCUT2D eigenvalue weighted by Gasteiger charge is 2.17. The lowest BCUT2D eigenvalue weighted by Gasteiger charge is -2.29. The summed E-state index contributed by atoms with van der Waals surface area (Å²) in [6.45, 7) is 10.1. The van der Waals surface area contributed by atoms with Crippen LogP contribution in [0.4, 0.5) is 0 Å². The molecule has 0 aromatic carbocycles. The summed E-state index contributed by atoms with van der Waals surface area (Å²) in [4.78, 5) is 2.55. The second-order valence-corrected chi connectivity index (χ2v) is 5.67. The molecule has 0 bridgehead atoms. The lowest BCUT2D eigenvalue weighted by atomic mass is 9.99. The maximum Gasteiger partial charge on any atom is 0.118 e. The van der Waals surface area contributed by atoms with Crippen molar-refractivity contribution in [2.45, 2.75) is 46.1 Å². The van der Waals surface area contributed by atoms with Crippen molar-refractivity contribution >= 4 is 0 Å². The van der Waals surface area contributed by atoms with E-state index in [-0.39, 0.29) is 0 Å². The van der Waals surface area contributed by atoms with Crippen molar-refractivity contribution in [2.24, 2.45) is 5.92 Å². The largest absolute Gasteiger partial charge is 0.465 e. The molecule has 1 unspecified atom stereocenters. The Morgan fingerprint density at radius 3 is 2.79 bits per heavy atom. The lowest BCUT2D eigenvalue weighted by Crippen LogP contribution is -2.38. The molecule has 1 aromatic heterocycles. The van der Waals surface area contributed by atoms with E-state index in [1.807, 2.05) is 0 Å². The predicted octanol–water partition coefficient (Wildman–Crippen LogP) is 3.05. The fraction of sp³-hybridized carbons (Fsp3) is 0.750. The molecule has 1 aromatic rings. The molecule has 1 atom stereocenters. The molecule has 0 spiro atoms. The number of hydrogen-bond acceptors (Lipinski definition) is 3. The van der Waals surface area contributed by atoms with E-state index >= 15 is 0 Å². The average molecular weight is 264 g/mol. The number of aryl methyl sites for hydroxylation is 1. The molecular formula is C16H28N2O.